The van der Waals surface area contributed by atoms with Crippen molar-refractivity contribution in [3.8, 4) is 0 Å². The Hall–Kier alpha value is -0.930. The van der Waals surface area contributed by atoms with Crippen molar-refractivity contribution in [2.45, 2.75) is 38.5 Å². The summed E-state index contributed by atoms with van der Waals surface area (Å²) in [4.78, 5) is 0. The van der Waals surface area contributed by atoms with E-state index >= 15 is 0 Å². The van der Waals surface area contributed by atoms with Crippen LogP contribution in [0.5, 0.6) is 0 Å². The summed E-state index contributed by atoms with van der Waals surface area (Å²) in [6.45, 7) is 3.69. The van der Waals surface area contributed by atoms with E-state index in [0.717, 1.165) is 12.8 Å². The summed E-state index contributed by atoms with van der Waals surface area (Å²) < 4.78 is 13.9. The highest BCUT2D eigenvalue weighted by molar-refractivity contribution is 5.27. The summed E-state index contributed by atoms with van der Waals surface area (Å²) in [6.07, 6.45) is 2.54. The van der Waals surface area contributed by atoms with Gasteiger partial charge in [0, 0.05) is 5.41 Å². The van der Waals surface area contributed by atoms with Gasteiger partial charge in [0.1, 0.15) is 5.82 Å². The third-order valence-corrected chi connectivity index (χ3v) is 3.88. The number of aliphatic hydroxyl groups excluding tert-OH is 2. The number of benzene rings is 1. The van der Waals surface area contributed by atoms with Crippen molar-refractivity contribution in [1.29, 1.82) is 0 Å². The molecule has 0 saturated heterocycles. The SMILES string of the molecule is CCC(CC)CC(CO)(CO)c1ccccc1F. The maximum atomic E-state index is 13.9. The first-order valence-electron chi connectivity index (χ1n) is 6.60. The van der Waals surface area contributed by atoms with Gasteiger partial charge in [-0.15, -0.1) is 0 Å². The molecule has 0 heterocycles. The molecular weight excluding hydrogens is 231 g/mol. The monoisotopic (exact) mass is 254 g/mol. The van der Waals surface area contributed by atoms with Gasteiger partial charge in [0.25, 0.3) is 0 Å². The van der Waals surface area contributed by atoms with Gasteiger partial charge in [-0.1, -0.05) is 44.9 Å². The quantitative estimate of drug-likeness (QED) is 0.785. The van der Waals surface area contributed by atoms with E-state index in [9.17, 15) is 14.6 Å². The molecule has 2 nitrogen and oxygen atoms in total. The first-order valence-corrected chi connectivity index (χ1v) is 6.60. The Morgan fingerprint density at radius 3 is 2.11 bits per heavy atom. The van der Waals surface area contributed by atoms with Gasteiger partial charge in [-0.2, -0.15) is 0 Å². The summed E-state index contributed by atoms with van der Waals surface area (Å²) in [5.41, 5.74) is -0.455. The minimum absolute atomic E-state index is 0.235. The van der Waals surface area contributed by atoms with Crippen molar-refractivity contribution >= 4 is 0 Å². The second-order valence-corrected chi connectivity index (χ2v) is 4.96. The van der Waals surface area contributed by atoms with Crippen LogP contribution in [0.25, 0.3) is 0 Å². The molecule has 102 valence electrons. The van der Waals surface area contributed by atoms with Gasteiger partial charge in [-0.25, -0.2) is 4.39 Å². The van der Waals surface area contributed by atoms with Gasteiger partial charge in [0.2, 0.25) is 0 Å². The Kier molecular flexibility index (Phi) is 5.76. The maximum absolute atomic E-state index is 13.9. The molecule has 0 amide bonds. The molecule has 0 fully saturated rings. The van der Waals surface area contributed by atoms with Crippen molar-refractivity contribution in [2.75, 3.05) is 13.2 Å². The van der Waals surface area contributed by atoms with Crippen LogP contribution in [-0.2, 0) is 5.41 Å². The number of rotatable bonds is 7. The molecule has 3 heteroatoms. The van der Waals surface area contributed by atoms with Crippen LogP contribution >= 0.6 is 0 Å². The molecule has 0 aliphatic rings. The minimum atomic E-state index is -0.873. The summed E-state index contributed by atoms with van der Waals surface area (Å²) in [5.74, 6) is 0.0236. The first-order chi connectivity index (χ1) is 8.63. The molecule has 0 unspecified atom stereocenters. The van der Waals surface area contributed by atoms with E-state index < -0.39 is 5.41 Å². The first kappa shape index (κ1) is 15.1. The van der Waals surface area contributed by atoms with Crippen molar-refractivity contribution in [3.05, 3.63) is 35.6 Å². The fourth-order valence-corrected chi connectivity index (χ4v) is 2.48. The highest BCUT2D eigenvalue weighted by Crippen LogP contribution is 2.34. The van der Waals surface area contributed by atoms with E-state index in [4.69, 9.17) is 0 Å². The average molecular weight is 254 g/mol. The lowest BCUT2D eigenvalue weighted by molar-refractivity contribution is 0.0906. The molecule has 0 saturated carbocycles. The summed E-state index contributed by atoms with van der Waals surface area (Å²) in [7, 11) is 0. The predicted octanol–water partition coefficient (Wildman–Crippen LogP) is 2.87. The Balaban J connectivity index is 3.10. The van der Waals surface area contributed by atoms with Crippen LogP contribution in [0.2, 0.25) is 0 Å². The molecule has 1 aromatic rings. The molecule has 1 rings (SSSR count). The van der Waals surface area contributed by atoms with Crippen molar-refractivity contribution in [1.82, 2.24) is 0 Å². The highest BCUT2D eigenvalue weighted by Gasteiger charge is 2.35. The fraction of sp³-hybridized carbons (Fsp3) is 0.600. The molecule has 2 N–H and O–H groups in total. The van der Waals surface area contributed by atoms with Crippen molar-refractivity contribution < 1.29 is 14.6 Å². The minimum Gasteiger partial charge on any atom is -0.395 e. The summed E-state index contributed by atoms with van der Waals surface area (Å²) in [5, 5.41) is 19.3. The third-order valence-electron chi connectivity index (χ3n) is 3.88. The van der Waals surface area contributed by atoms with Gasteiger partial charge >= 0.3 is 0 Å². The molecule has 0 aliphatic heterocycles. The van der Waals surface area contributed by atoms with Crippen LogP contribution in [0.4, 0.5) is 4.39 Å². The van der Waals surface area contributed by atoms with Gasteiger partial charge in [0.05, 0.1) is 13.2 Å². The average Bonchev–Trinajstić information content (AvgIpc) is 2.42. The molecule has 0 bridgehead atoms. The Morgan fingerprint density at radius 1 is 1.11 bits per heavy atom. The largest absolute Gasteiger partial charge is 0.395 e. The molecule has 18 heavy (non-hydrogen) atoms. The van der Waals surface area contributed by atoms with Crippen LogP contribution < -0.4 is 0 Å². The van der Waals surface area contributed by atoms with E-state index in [1.165, 1.54) is 6.07 Å². The summed E-state index contributed by atoms with van der Waals surface area (Å²) in [6, 6.07) is 6.40. The lowest BCUT2D eigenvalue weighted by Crippen LogP contribution is -2.38. The van der Waals surface area contributed by atoms with Gasteiger partial charge in [-0.05, 0) is 24.0 Å². The van der Waals surface area contributed by atoms with Crippen LogP contribution in [-0.4, -0.2) is 23.4 Å². The van der Waals surface area contributed by atoms with Gasteiger partial charge in [-0.3, -0.25) is 0 Å². The zero-order valence-corrected chi connectivity index (χ0v) is 11.2. The second kappa shape index (κ2) is 6.86. The number of hydrogen-bond acceptors (Lipinski definition) is 2. The molecule has 0 spiro atoms. The van der Waals surface area contributed by atoms with Crippen molar-refractivity contribution in [3.63, 3.8) is 0 Å². The van der Waals surface area contributed by atoms with Crippen LogP contribution in [0.3, 0.4) is 0 Å². The number of aliphatic hydroxyl groups is 2. The predicted molar refractivity (Wildman–Crippen MR) is 70.9 cm³/mol. The Labute approximate surface area is 108 Å². The van der Waals surface area contributed by atoms with E-state index in [0.29, 0.717) is 17.9 Å². The molecule has 0 radical (unpaired) electrons. The van der Waals surface area contributed by atoms with Gasteiger partial charge in [0.15, 0.2) is 0 Å². The van der Waals surface area contributed by atoms with E-state index in [-0.39, 0.29) is 19.0 Å². The Bertz CT molecular complexity index is 357. The lowest BCUT2D eigenvalue weighted by Gasteiger charge is -2.34. The number of halogens is 1. The number of hydrogen-bond donors (Lipinski definition) is 2. The van der Waals surface area contributed by atoms with E-state index in [2.05, 4.69) is 13.8 Å². The maximum Gasteiger partial charge on any atom is 0.127 e. The zero-order chi connectivity index (χ0) is 13.6. The fourth-order valence-electron chi connectivity index (χ4n) is 2.48. The molecule has 0 aromatic heterocycles. The van der Waals surface area contributed by atoms with E-state index in [1.54, 1.807) is 18.2 Å². The van der Waals surface area contributed by atoms with Crippen molar-refractivity contribution in [2.24, 2.45) is 5.92 Å². The lowest BCUT2D eigenvalue weighted by atomic mass is 9.73. The topological polar surface area (TPSA) is 40.5 Å². The third kappa shape index (κ3) is 3.09. The van der Waals surface area contributed by atoms with E-state index in [1.807, 2.05) is 0 Å². The van der Waals surface area contributed by atoms with Gasteiger partial charge < -0.3 is 10.2 Å². The highest BCUT2D eigenvalue weighted by atomic mass is 19.1. The van der Waals surface area contributed by atoms with Crippen LogP contribution in [0.1, 0.15) is 38.7 Å². The zero-order valence-electron chi connectivity index (χ0n) is 11.2. The Morgan fingerprint density at radius 2 is 1.67 bits per heavy atom. The molecule has 0 atom stereocenters. The normalized spacial score (nSPS) is 12.1. The van der Waals surface area contributed by atoms with Crippen LogP contribution in [0.15, 0.2) is 24.3 Å². The van der Waals surface area contributed by atoms with Crippen LogP contribution in [0, 0.1) is 11.7 Å². The molecular formula is C15H23FO2. The smallest absolute Gasteiger partial charge is 0.127 e. The molecule has 0 aliphatic carbocycles. The summed E-state index contributed by atoms with van der Waals surface area (Å²) >= 11 is 0. The standard InChI is InChI=1S/C15H23FO2/c1-3-12(4-2)9-15(10-17,11-18)13-7-5-6-8-14(13)16/h5-8,12,17-18H,3-4,9-11H2,1-2H3. The molecule has 1 aromatic carbocycles. The second-order valence-electron chi connectivity index (χ2n) is 4.96.